The van der Waals surface area contributed by atoms with Crippen molar-refractivity contribution < 1.29 is 14.6 Å². The number of anilines is 1. The molecule has 190 valence electrons. The zero-order chi connectivity index (χ0) is 26.0. The van der Waals surface area contributed by atoms with Crippen LogP contribution in [0.5, 0.6) is 0 Å². The van der Waals surface area contributed by atoms with Crippen molar-refractivity contribution in [1.82, 2.24) is 9.97 Å². The SMILES string of the molecule is CCC[C@](O)(C[C@]1(C)C=CCO1)c1ccc(NC(=O)c2nc(C#N)c[nH]2)c(C2=CCC(C)(C)CC2)c1. The van der Waals surface area contributed by atoms with E-state index in [4.69, 9.17) is 10.00 Å². The molecule has 0 saturated heterocycles. The summed E-state index contributed by atoms with van der Waals surface area (Å²) in [6.07, 6.45) is 12.4. The molecule has 0 unspecified atom stereocenters. The van der Waals surface area contributed by atoms with Crippen molar-refractivity contribution in [3.05, 3.63) is 65.3 Å². The Morgan fingerprint density at radius 1 is 1.36 bits per heavy atom. The maximum Gasteiger partial charge on any atom is 0.291 e. The number of nitrogens with one attached hydrogen (secondary N) is 2. The number of benzene rings is 1. The van der Waals surface area contributed by atoms with Crippen LogP contribution in [0.4, 0.5) is 5.69 Å². The van der Waals surface area contributed by atoms with E-state index in [9.17, 15) is 9.90 Å². The van der Waals surface area contributed by atoms with Crippen LogP contribution in [0.1, 0.15) is 93.7 Å². The van der Waals surface area contributed by atoms with Gasteiger partial charge in [-0.1, -0.05) is 51.5 Å². The molecule has 2 aliphatic rings. The van der Waals surface area contributed by atoms with Crippen LogP contribution in [0.15, 0.2) is 42.6 Å². The number of hydrogen-bond acceptors (Lipinski definition) is 5. The number of carbonyl (C=O) groups excluding carboxylic acids is 1. The largest absolute Gasteiger partial charge is 0.385 e. The maximum absolute atomic E-state index is 12.9. The van der Waals surface area contributed by atoms with E-state index in [0.717, 1.165) is 42.4 Å². The molecule has 1 aromatic carbocycles. The smallest absolute Gasteiger partial charge is 0.291 e. The van der Waals surface area contributed by atoms with Crippen LogP contribution < -0.4 is 5.32 Å². The number of ether oxygens (including phenoxy) is 1. The number of nitriles is 1. The second-order valence-corrected chi connectivity index (χ2v) is 11.0. The first-order chi connectivity index (χ1) is 17.1. The molecule has 3 N–H and O–H groups in total. The fourth-order valence-corrected chi connectivity index (χ4v) is 5.23. The third kappa shape index (κ3) is 5.61. The second-order valence-electron chi connectivity index (χ2n) is 11.0. The zero-order valence-electron chi connectivity index (χ0n) is 21.6. The summed E-state index contributed by atoms with van der Waals surface area (Å²) >= 11 is 0. The molecule has 7 heteroatoms. The van der Waals surface area contributed by atoms with Gasteiger partial charge in [0.05, 0.1) is 17.8 Å². The molecule has 1 amide bonds. The lowest BCUT2D eigenvalue weighted by atomic mass is 9.75. The van der Waals surface area contributed by atoms with Crippen molar-refractivity contribution in [2.24, 2.45) is 5.41 Å². The molecule has 2 aromatic rings. The standard InChI is InChI=1S/C29H36N4O3/c1-5-11-29(35,19-28(4)12-6-15-36-28)21-7-8-24(33-26(34)25-31-18-22(17-30)32-25)23(16-21)20-9-13-27(2,3)14-10-20/h6-9,12,16,18,35H,5,10-11,13-15,19H2,1-4H3,(H,31,32)(H,33,34)/t28-,29-/m0/s1. The highest BCUT2D eigenvalue weighted by atomic mass is 16.5. The molecular formula is C29H36N4O3. The molecule has 0 fully saturated rings. The van der Waals surface area contributed by atoms with Gasteiger partial charge in [0.15, 0.2) is 11.5 Å². The Balaban J connectivity index is 1.72. The summed E-state index contributed by atoms with van der Waals surface area (Å²) in [4.78, 5) is 19.7. The Morgan fingerprint density at radius 2 is 2.17 bits per heavy atom. The molecule has 0 radical (unpaired) electrons. The fraction of sp³-hybridized carbons (Fsp3) is 0.483. The number of aromatic nitrogens is 2. The third-order valence-corrected chi connectivity index (χ3v) is 7.32. The Kier molecular flexibility index (Phi) is 7.21. The fourth-order valence-electron chi connectivity index (χ4n) is 5.23. The minimum atomic E-state index is -1.08. The van der Waals surface area contributed by atoms with E-state index in [1.807, 2.05) is 43.3 Å². The van der Waals surface area contributed by atoms with E-state index in [-0.39, 0.29) is 16.9 Å². The number of rotatable bonds is 8. The Morgan fingerprint density at radius 3 is 2.78 bits per heavy atom. The van der Waals surface area contributed by atoms with E-state index in [1.165, 1.54) is 6.20 Å². The van der Waals surface area contributed by atoms with E-state index >= 15 is 0 Å². The van der Waals surface area contributed by atoms with Crippen LogP contribution in [0.25, 0.3) is 5.57 Å². The lowest BCUT2D eigenvalue weighted by Gasteiger charge is -2.36. The van der Waals surface area contributed by atoms with Gasteiger partial charge >= 0.3 is 0 Å². The molecule has 2 heterocycles. The van der Waals surface area contributed by atoms with Gasteiger partial charge in [0.25, 0.3) is 5.91 Å². The van der Waals surface area contributed by atoms with Crippen molar-refractivity contribution in [2.75, 3.05) is 11.9 Å². The predicted octanol–water partition coefficient (Wildman–Crippen LogP) is 5.85. The predicted molar refractivity (Wildman–Crippen MR) is 140 cm³/mol. The molecule has 1 aliphatic heterocycles. The average Bonchev–Trinajstić information content (AvgIpc) is 3.49. The van der Waals surface area contributed by atoms with Crippen molar-refractivity contribution in [2.45, 2.75) is 77.4 Å². The molecule has 36 heavy (non-hydrogen) atoms. The summed E-state index contributed by atoms with van der Waals surface area (Å²) in [5, 5.41) is 23.9. The molecule has 4 rings (SSSR count). The third-order valence-electron chi connectivity index (χ3n) is 7.32. The van der Waals surface area contributed by atoms with Gasteiger partial charge in [-0.25, -0.2) is 4.98 Å². The minimum Gasteiger partial charge on any atom is -0.385 e. The van der Waals surface area contributed by atoms with Gasteiger partial charge in [-0.05, 0) is 61.3 Å². The van der Waals surface area contributed by atoms with Crippen LogP contribution in [0.3, 0.4) is 0 Å². The van der Waals surface area contributed by atoms with E-state index in [2.05, 4.69) is 42.1 Å². The number of aliphatic hydroxyl groups is 1. The summed E-state index contributed by atoms with van der Waals surface area (Å²) in [7, 11) is 0. The summed E-state index contributed by atoms with van der Waals surface area (Å²) < 4.78 is 5.94. The lowest BCUT2D eigenvalue weighted by Crippen LogP contribution is -2.37. The van der Waals surface area contributed by atoms with Crippen LogP contribution in [-0.2, 0) is 10.3 Å². The first-order valence-corrected chi connectivity index (χ1v) is 12.7. The number of H-pyrrole nitrogens is 1. The lowest BCUT2D eigenvalue weighted by molar-refractivity contribution is -0.0625. The molecule has 0 bridgehead atoms. The minimum absolute atomic E-state index is 0.0842. The molecule has 0 saturated carbocycles. The van der Waals surface area contributed by atoms with Crippen LogP contribution in [0.2, 0.25) is 0 Å². The summed E-state index contributed by atoms with van der Waals surface area (Å²) in [6.45, 7) is 9.16. The molecule has 7 nitrogen and oxygen atoms in total. The Hall–Kier alpha value is -3.21. The number of hydrogen-bond donors (Lipinski definition) is 3. The first kappa shape index (κ1) is 25.9. The average molecular weight is 489 g/mol. The summed E-state index contributed by atoms with van der Waals surface area (Å²) in [5.74, 6) is -0.330. The molecule has 1 aliphatic carbocycles. The van der Waals surface area contributed by atoms with E-state index in [0.29, 0.717) is 25.1 Å². The maximum atomic E-state index is 12.9. The van der Waals surface area contributed by atoms with Gasteiger partial charge < -0.3 is 20.1 Å². The molecular weight excluding hydrogens is 452 g/mol. The highest BCUT2D eigenvalue weighted by Crippen LogP contribution is 2.43. The van der Waals surface area contributed by atoms with E-state index in [1.54, 1.807) is 0 Å². The van der Waals surface area contributed by atoms with Crippen molar-refractivity contribution in [3.63, 3.8) is 0 Å². The molecule has 2 atom stereocenters. The van der Waals surface area contributed by atoms with Gasteiger partial charge in [0.2, 0.25) is 0 Å². The topological polar surface area (TPSA) is 111 Å². The summed E-state index contributed by atoms with van der Waals surface area (Å²) in [5.41, 5.74) is 2.33. The molecule has 1 aromatic heterocycles. The van der Waals surface area contributed by atoms with Gasteiger partial charge in [0.1, 0.15) is 6.07 Å². The number of allylic oxidation sites excluding steroid dienone is 2. The highest BCUT2D eigenvalue weighted by molar-refractivity contribution is 6.03. The van der Waals surface area contributed by atoms with Gasteiger partial charge in [-0.15, -0.1) is 0 Å². The number of aromatic amines is 1. The number of imidazole rings is 1. The Bertz CT molecular complexity index is 1240. The van der Waals surface area contributed by atoms with Crippen LogP contribution >= 0.6 is 0 Å². The van der Waals surface area contributed by atoms with Crippen molar-refractivity contribution >= 4 is 17.2 Å². The monoisotopic (exact) mass is 488 g/mol. The second kappa shape index (κ2) is 10.0. The number of amides is 1. The first-order valence-electron chi connectivity index (χ1n) is 12.7. The summed E-state index contributed by atoms with van der Waals surface area (Å²) in [6, 6.07) is 7.72. The normalized spacial score (nSPS) is 22.5. The van der Waals surface area contributed by atoms with Crippen molar-refractivity contribution in [1.29, 1.82) is 5.26 Å². The quantitative estimate of drug-likeness (QED) is 0.404. The number of carbonyl (C=O) groups is 1. The van der Waals surface area contributed by atoms with Gasteiger partial charge in [-0.2, -0.15) is 5.26 Å². The van der Waals surface area contributed by atoms with Crippen LogP contribution in [0, 0.1) is 16.7 Å². The highest BCUT2D eigenvalue weighted by Gasteiger charge is 2.39. The Labute approximate surface area is 213 Å². The van der Waals surface area contributed by atoms with E-state index < -0.39 is 17.1 Å². The van der Waals surface area contributed by atoms with Crippen molar-refractivity contribution in [3.8, 4) is 6.07 Å². The molecule has 0 spiro atoms. The van der Waals surface area contributed by atoms with Gasteiger partial charge in [0, 0.05) is 23.9 Å². The van der Waals surface area contributed by atoms with Crippen LogP contribution in [-0.4, -0.2) is 33.2 Å². The van der Waals surface area contributed by atoms with Gasteiger partial charge in [-0.3, -0.25) is 4.79 Å². The number of nitrogens with zero attached hydrogens (tertiary/aromatic N) is 2. The zero-order valence-corrected chi connectivity index (χ0v) is 21.6.